The van der Waals surface area contributed by atoms with Crippen LogP contribution in [0.25, 0.3) is 0 Å². The Labute approximate surface area is 78.0 Å². The first kappa shape index (κ1) is 12.1. The van der Waals surface area contributed by atoms with Crippen LogP contribution in [0.2, 0.25) is 6.55 Å². The third-order valence-electron chi connectivity index (χ3n) is 2.72. The van der Waals surface area contributed by atoms with Gasteiger partial charge >= 0.3 is 0 Å². The van der Waals surface area contributed by atoms with E-state index in [9.17, 15) is 0 Å². The fraction of sp³-hybridized carbons (Fsp3) is 1.00. The van der Waals surface area contributed by atoms with Gasteiger partial charge in [0.15, 0.2) is 0 Å². The minimum atomic E-state index is -1.51. The van der Waals surface area contributed by atoms with Crippen LogP contribution in [0.3, 0.4) is 0 Å². The lowest BCUT2D eigenvalue weighted by molar-refractivity contribution is 0.390. The Hall–Kier alpha value is 0.0969. The maximum Gasteiger partial charge on any atom is 0.282 e. The number of hydrogen-bond donors (Lipinski definition) is 1. The third-order valence-corrected chi connectivity index (χ3v) is 7.28. The zero-order valence-corrected chi connectivity index (χ0v) is 10.3. The van der Waals surface area contributed by atoms with Gasteiger partial charge < -0.3 is 14.1 Å². The lowest BCUT2D eigenvalue weighted by Crippen LogP contribution is -2.69. The Morgan fingerprint density at radius 1 is 1.17 bits per heavy atom. The summed E-state index contributed by atoms with van der Waals surface area (Å²) in [6.45, 7) is 9.02. The van der Waals surface area contributed by atoms with E-state index in [2.05, 4.69) is 55.7 Å². The molecule has 0 aromatic carbocycles. The van der Waals surface area contributed by atoms with Crippen LogP contribution in [0, 0.1) is 0 Å². The summed E-state index contributed by atoms with van der Waals surface area (Å²) in [5.41, 5.74) is 0. The van der Waals surface area contributed by atoms with Gasteiger partial charge in [0.2, 0.25) is 0 Å². The lowest BCUT2D eigenvalue weighted by Gasteiger charge is -2.41. The van der Waals surface area contributed by atoms with Crippen molar-refractivity contribution in [2.45, 2.75) is 20.4 Å². The minimum absolute atomic E-state index is 1.12. The van der Waals surface area contributed by atoms with E-state index in [0.29, 0.717) is 0 Å². The van der Waals surface area contributed by atoms with Crippen LogP contribution in [-0.2, 0) is 0 Å². The predicted molar refractivity (Wildman–Crippen MR) is 57.3 cm³/mol. The molecular formula is C8H23N3Si. The van der Waals surface area contributed by atoms with Crippen molar-refractivity contribution in [2.75, 3.05) is 34.2 Å². The molecule has 3 nitrogen and oxygen atoms in total. The van der Waals surface area contributed by atoms with E-state index in [0.717, 1.165) is 13.1 Å². The molecule has 0 aliphatic rings. The summed E-state index contributed by atoms with van der Waals surface area (Å²) in [7, 11) is 4.85. The molecule has 0 aromatic heterocycles. The van der Waals surface area contributed by atoms with Gasteiger partial charge in [0, 0.05) is 0 Å². The van der Waals surface area contributed by atoms with Gasteiger partial charge in [-0.1, -0.05) is 13.8 Å². The Balaban J connectivity index is 4.47. The van der Waals surface area contributed by atoms with Gasteiger partial charge in [-0.15, -0.1) is 0 Å². The largest absolute Gasteiger partial charge is 0.316 e. The summed E-state index contributed by atoms with van der Waals surface area (Å²) in [6.07, 6.45) is 0. The molecule has 1 unspecified atom stereocenters. The van der Waals surface area contributed by atoms with Gasteiger partial charge in [0.1, 0.15) is 0 Å². The zero-order valence-electron chi connectivity index (χ0n) is 9.31. The Bertz CT molecular complexity index is 125. The van der Waals surface area contributed by atoms with E-state index in [1.807, 2.05) is 0 Å². The Kier molecular flexibility index (Phi) is 5.00. The maximum absolute atomic E-state index is 3.47. The second kappa shape index (κ2) is 4.96. The van der Waals surface area contributed by atoms with E-state index in [1.54, 1.807) is 0 Å². The molecule has 0 rings (SSSR count). The molecule has 0 fully saturated rings. The Morgan fingerprint density at radius 2 is 1.58 bits per heavy atom. The molecule has 74 valence electrons. The second-order valence-electron chi connectivity index (χ2n) is 3.34. The average Bonchev–Trinajstić information content (AvgIpc) is 2.05. The first-order valence-electron chi connectivity index (χ1n) is 4.64. The molecule has 0 saturated carbocycles. The van der Waals surface area contributed by atoms with Gasteiger partial charge in [-0.2, -0.15) is 0 Å². The molecule has 0 radical (unpaired) electrons. The quantitative estimate of drug-likeness (QED) is 0.642. The fourth-order valence-electron chi connectivity index (χ4n) is 1.50. The van der Waals surface area contributed by atoms with Gasteiger partial charge in [0.05, 0.1) is 0 Å². The molecule has 0 amide bonds. The van der Waals surface area contributed by atoms with Crippen LogP contribution < -0.4 is 4.98 Å². The summed E-state index contributed by atoms with van der Waals surface area (Å²) in [4.78, 5) is 3.47. The standard InChI is InChI=1S/C8H23N3Si/c1-7-11(8-2)12(6,9-3)10(4)5/h9H,7-8H2,1-6H3. The molecule has 0 aromatic rings. The molecule has 0 spiro atoms. The van der Waals surface area contributed by atoms with Crippen molar-refractivity contribution in [1.29, 1.82) is 0 Å². The Morgan fingerprint density at radius 3 is 1.67 bits per heavy atom. The fourth-order valence-corrected chi connectivity index (χ4v) is 4.06. The number of hydrogen-bond acceptors (Lipinski definition) is 3. The van der Waals surface area contributed by atoms with Gasteiger partial charge in [0.25, 0.3) is 8.56 Å². The number of nitrogens with zero attached hydrogens (tertiary/aromatic N) is 2. The predicted octanol–water partition coefficient (Wildman–Crippen LogP) is 0.678. The van der Waals surface area contributed by atoms with Gasteiger partial charge in [-0.05, 0) is 40.8 Å². The maximum atomic E-state index is 3.47. The van der Waals surface area contributed by atoms with Crippen LogP contribution in [0.5, 0.6) is 0 Å². The van der Waals surface area contributed by atoms with Crippen molar-refractivity contribution in [2.24, 2.45) is 0 Å². The van der Waals surface area contributed by atoms with E-state index in [-0.39, 0.29) is 0 Å². The highest BCUT2D eigenvalue weighted by atomic mass is 28.4. The first-order chi connectivity index (χ1) is 5.52. The number of rotatable bonds is 5. The minimum Gasteiger partial charge on any atom is -0.316 e. The molecule has 1 N–H and O–H groups in total. The monoisotopic (exact) mass is 189 g/mol. The topological polar surface area (TPSA) is 18.5 Å². The summed E-state index contributed by atoms with van der Waals surface area (Å²) in [5, 5.41) is 0. The van der Waals surface area contributed by atoms with Crippen molar-refractivity contribution in [3.63, 3.8) is 0 Å². The summed E-state index contributed by atoms with van der Waals surface area (Å²) >= 11 is 0. The van der Waals surface area contributed by atoms with E-state index in [1.165, 1.54) is 0 Å². The molecule has 1 atom stereocenters. The molecule has 0 bridgehead atoms. The van der Waals surface area contributed by atoms with Crippen molar-refractivity contribution in [3.05, 3.63) is 0 Å². The first-order valence-corrected chi connectivity index (χ1v) is 7.03. The third kappa shape index (κ3) is 2.29. The second-order valence-corrected chi connectivity index (χ2v) is 7.41. The SMILES string of the molecule is CCN(CC)[Si](C)(NC)N(C)C. The average molecular weight is 189 g/mol. The van der Waals surface area contributed by atoms with Gasteiger partial charge in [-0.3, -0.25) is 0 Å². The molecule has 0 aliphatic carbocycles. The van der Waals surface area contributed by atoms with E-state index < -0.39 is 8.56 Å². The van der Waals surface area contributed by atoms with Crippen LogP contribution in [0.4, 0.5) is 0 Å². The molecule has 0 aliphatic heterocycles. The summed E-state index contributed by atoms with van der Waals surface area (Å²) in [5.74, 6) is 0. The highest BCUT2D eigenvalue weighted by Gasteiger charge is 2.34. The van der Waals surface area contributed by atoms with Crippen molar-refractivity contribution in [3.8, 4) is 0 Å². The molecule has 0 heterocycles. The molecule has 12 heavy (non-hydrogen) atoms. The van der Waals surface area contributed by atoms with Crippen LogP contribution in [0.15, 0.2) is 0 Å². The van der Waals surface area contributed by atoms with E-state index >= 15 is 0 Å². The number of nitrogens with one attached hydrogen (secondary N) is 1. The van der Waals surface area contributed by atoms with Crippen molar-refractivity contribution >= 4 is 8.56 Å². The smallest absolute Gasteiger partial charge is 0.282 e. The zero-order chi connectivity index (χ0) is 9.78. The van der Waals surface area contributed by atoms with Crippen molar-refractivity contribution in [1.82, 2.24) is 14.1 Å². The van der Waals surface area contributed by atoms with Crippen LogP contribution >= 0.6 is 0 Å². The highest BCUT2D eigenvalue weighted by Crippen LogP contribution is 2.07. The van der Waals surface area contributed by atoms with Gasteiger partial charge in [-0.25, -0.2) is 0 Å². The van der Waals surface area contributed by atoms with Crippen molar-refractivity contribution < 1.29 is 0 Å². The molecular weight excluding hydrogens is 166 g/mol. The normalized spacial score (nSPS) is 17.0. The van der Waals surface area contributed by atoms with E-state index in [4.69, 9.17) is 0 Å². The van der Waals surface area contributed by atoms with Crippen LogP contribution in [-0.4, -0.2) is 51.9 Å². The summed E-state index contributed by atoms with van der Waals surface area (Å²) in [6, 6.07) is 0. The highest BCUT2D eigenvalue weighted by molar-refractivity contribution is 6.70. The van der Waals surface area contributed by atoms with Crippen LogP contribution in [0.1, 0.15) is 13.8 Å². The summed E-state index contributed by atoms with van der Waals surface area (Å²) < 4.78 is 4.85. The molecule has 0 saturated heterocycles. The molecule has 4 heteroatoms. The lowest BCUT2D eigenvalue weighted by atomic mass is 10.7.